The summed E-state index contributed by atoms with van der Waals surface area (Å²) in [6, 6.07) is 14.2. The minimum Gasteiger partial charge on any atom is -0.497 e. The van der Waals surface area contributed by atoms with Crippen LogP contribution in [0.5, 0.6) is 5.75 Å². The van der Waals surface area contributed by atoms with Crippen LogP contribution in [0.25, 0.3) is 0 Å². The number of nitrogens with zero attached hydrogens (tertiary/aromatic N) is 2. The van der Waals surface area contributed by atoms with Crippen molar-refractivity contribution in [2.24, 2.45) is 0 Å². The summed E-state index contributed by atoms with van der Waals surface area (Å²) in [5.74, 6) is -1.22. The van der Waals surface area contributed by atoms with E-state index >= 15 is 0 Å². The van der Waals surface area contributed by atoms with Crippen molar-refractivity contribution in [1.29, 1.82) is 0 Å². The van der Waals surface area contributed by atoms with E-state index in [2.05, 4.69) is 5.32 Å². The van der Waals surface area contributed by atoms with E-state index in [9.17, 15) is 22.4 Å². The van der Waals surface area contributed by atoms with E-state index in [1.54, 1.807) is 19.1 Å². The zero-order valence-corrected chi connectivity index (χ0v) is 23.9. The van der Waals surface area contributed by atoms with Gasteiger partial charge in [0.2, 0.25) is 11.8 Å². The Morgan fingerprint density at radius 3 is 2.21 bits per heavy atom. The third-order valence-corrected chi connectivity index (χ3v) is 8.40. The maximum atomic E-state index is 13.9. The summed E-state index contributed by atoms with van der Waals surface area (Å²) in [6.07, 6.45) is 0.248. The van der Waals surface area contributed by atoms with Crippen LogP contribution in [0.15, 0.2) is 71.6 Å². The van der Waals surface area contributed by atoms with Gasteiger partial charge in [0.1, 0.15) is 24.2 Å². The first-order valence-electron chi connectivity index (χ1n) is 11.9. The van der Waals surface area contributed by atoms with Crippen LogP contribution < -0.4 is 14.4 Å². The molecule has 0 radical (unpaired) electrons. The molecule has 3 rings (SSSR count). The summed E-state index contributed by atoms with van der Waals surface area (Å²) in [6.45, 7) is 0.981. The van der Waals surface area contributed by atoms with E-state index in [4.69, 9.17) is 27.9 Å². The lowest BCUT2D eigenvalue weighted by Crippen LogP contribution is -2.51. The number of rotatable bonds is 11. The van der Waals surface area contributed by atoms with Crippen molar-refractivity contribution < 1.29 is 27.1 Å². The van der Waals surface area contributed by atoms with Crippen LogP contribution in [0.2, 0.25) is 10.0 Å². The number of anilines is 1. The molecular weight excluding hydrogens is 568 g/mol. The van der Waals surface area contributed by atoms with Gasteiger partial charge in [-0.3, -0.25) is 13.9 Å². The maximum absolute atomic E-state index is 13.9. The van der Waals surface area contributed by atoms with Gasteiger partial charge in [-0.15, -0.1) is 0 Å². The van der Waals surface area contributed by atoms with Gasteiger partial charge in [-0.25, -0.2) is 12.8 Å². The van der Waals surface area contributed by atoms with Gasteiger partial charge in [-0.1, -0.05) is 36.2 Å². The van der Waals surface area contributed by atoms with E-state index in [0.29, 0.717) is 16.3 Å². The number of sulfonamides is 1. The highest BCUT2D eigenvalue weighted by molar-refractivity contribution is 7.92. The third kappa shape index (κ3) is 7.20. The van der Waals surface area contributed by atoms with Crippen LogP contribution in [0, 0.1) is 5.82 Å². The molecule has 12 heteroatoms. The Morgan fingerprint density at radius 2 is 1.67 bits per heavy atom. The first-order valence-corrected chi connectivity index (χ1v) is 14.1. The lowest BCUT2D eigenvalue weighted by atomic mass is 10.1. The Kier molecular flexibility index (Phi) is 10.2. The summed E-state index contributed by atoms with van der Waals surface area (Å²) < 4.78 is 47.2. The van der Waals surface area contributed by atoms with Crippen molar-refractivity contribution in [3.8, 4) is 5.75 Å². The minimum atomic E-state index is -4.30. The number of carbonyl (C=O) groups is 2. The molecule has 0 saturated heterocycles. The molecular formula is C27H28Cl2FN3O5S. The van der Waals surface area contributed by atoms with Crippen LogP contribution in [-0.4, -0.2) is 51.9 Å². The molecule has 3 aromatic rings. The molecule has 0 aliphatic rings. The molecule has 3 aromatic carbocycles. The third-order valence-electron chi connectivity index (χ3n) is 6.03. The molecule has 0 aromatic heterocycles. The van der Waals surface area contributed by atoms with Crippen molar-refractivity contribution in [2.75, 3.05) is 25.0 Å². The number of carbonyl (C=O) groups excluding carboxylic acids is 2. The highest BCUT2D eigenvalue weighted by Gasteiger charge is 2.33. The van der Waals surface area contributed by atoms with E-state index in [1.165, 1.54) is 61.5 Å². The lowest BCUT2D eigenvalue weighted by Gasteiger charge is -2.33. The molecule has 208 valence electrons. The number of likely N-dealkylation sites (N-methyl/N-ethyl adjacent to an activating group) is 1. The Hall–Kier alpha value is -3.34. The molecule has 0 saturated carbocycles. The molecule has 2 amide bonds. The topological polar surface area (TPSA) is 96.0 Å². The minimum absolute atomic E-state index is 0.0676. The predicted octanol–water partition coefficient (Wildman–Crippen LogP) is 4.89. The molecule has 1 unspecified atom stereocenters. The molecule has 0 aliphatic heterocycles. The zero-order valence-electron chi connectivity index (χ0n) is 21.5. The molecule has 1 atom stereocenters. The fourth-order valence-electron chi connectivity index (χ4n) is 3.93. The first kappa shape index (κ1) is 30.2. The number of nitrogens with one attached hydrogen (secondary N) is 1. The quantitative estimate of drug-likeness (QED) is 0.340. The summed E-state index contributed by atoms with van der Waals surface area (Å²) in [5.41, 5.74) is 0.584. The second-order valence-corrected chi connectivity index (χ2v) is 11.2. The molecule has 1 N–H and O–H groups in total. The van der Waals surface area contributed by atoms with Gasteiger partial charge in [-0.05, 0) is 72.6 Å². The number of hydrogen-bond donors (Lipinski definition) is 1. The van der Waals surface area contributed by atoms with E-state index in [0.717, 1.165) is 16.4 Å². The highest BCUT2D eigenvalue weighted by Crippen LogP contribution is 2.28. The van der Waals surface area contributed by atoms with Gasteiger partial charge in [0.05, 0.1) is 17.7 Å². The second-order valence-electron chi connectivity index (χ2n) is 8.46. The van der Waals surface area contributed by atoms with E-state index in [-0.39, 0.29) is 28.6 Å². The van der Waals surface area contributed by atoms with Crippen LogP contribution in [0.1, 0.15) is 18.9 Å². The van der Waals surface area contributed by atoms with Crippen LogP contribution >= 0.6 is 23.2 Å². The molecule has 0 fully saturated rings. The molecule has 39 heavy (non-hydrogen) atoms. The largest absolute Gasteiger partial charge is 0.497 e. The van der Waals surface area contributed by atoms with E-state index in [1.807, 2.05) is 0 Å². The number of ether oxygens (including phenoxy) is 1. The summed E-state index contributed by atoms with van der Waals surface area (Å²) in [7, 11) is -1.41. The van der Waals surface area contributed by atoms with Crippen molar-refractivity contribution >= 4 is 50.7 Å². The van der Waals surface area contributed by atoms with Crippen LogP contribution in [0.4, 0.5) is 10.1 Å². The summed E-state index contributed by atoms with van der Waals surface area (Å²) >= 11 is 12.4. The van der Waals surface area contributed by atoms with Gasteiger partial charge in [0, 0.05) is 23.6 Å². The fraction of sp³-hybridized carbons (Fsp3) is 0.259. The van der Waals surface area contributed by atoms with Crippen molar-refractivity contribution in [3.05, 3.63) is 88.2 Å². The van der Waals surface area contributed by atoms with Gasteiger partial charge < -0.3 is 15.0 Å². The number of benzene rings is 3. The standard InChI is InChI=1S/C27H28Cl2FN3O5S/c1-4-25(27(35)31-2)32(16-18-5-6-19(28)15-24(18)29)26(34)17-33(21-9-7-20(30)8-10-21)39(36,37)23-13-11-22(38-3)12-14-23/h5-15,25H,4,16-17H2,1-3H3,(H,31,35). The normalized spacial score (nSPS) is 11.9. The molecule has 0 spiro atoms. The number of halogens is 3. The molecule has 8 nitrogen and oxygen atoms in total. The van der Waals surface area contributed by atoms with Crippen LogP contribution in [0.3, 0.4) is 0 Å². The van der Waals surface area contributed by atoms with Gasteiger partial charge >= 0.3 is 0 Å². The Bertz CT molecular complexity index is 1420. The number of amides is 2. The number of methoxy groups -OCH3 is 1. The molecule has 0 heterocycles. The SMILES string of the molecule is CCC(C(=O)NC)N(Cc1ccc(Cl)cc1Cl)C(=O)CN(c1ccc(F)cc1)S(=O)(=O)c1ccc(OC)cc1. The van der Waals surface area contributed by atoms with Gasteiger partial charge in [0.15, 0.2) is 0 Å². The Labute approximate surface area is 237 Å². The van der Waals surface area contributed by atoms with Crippen molar-refractivity contribution in [3.63, 3.8) is 0 Å². The lowest BCUT2D eigenvalue weighted by molar-refractivity contribution is -0.140. The average molecular weight is 597 g/mol. The maximum Gasteiger partial charge on any atom is 0.264 e. The van der Waals surface area contributed by atoms with Gasteiger partial charge in [-0.2, -0.15) is 0 Å². The zero-order chi connectivity index (χ0) is 28.7. The Balaban J connectivity index is 2.07. The van der Waals surface area contributed by atoms with E-state index < -0.39 is 40.2 Å². The number of hydrogen-bond acceptors (Lipinski definition) is 5. The highest BCUT2D eigenvalue weighted by atomic mass is 35.5. The molecule has 0 bridgehead atoms. The molecule has 0 aliphatic carbocycles. The predicted molar refractivity (Wildman–Crippen MR) is 149 cm³/mol. The monoisotopic (exact) mass is 595 g/mol. The van der Waals surface area contributed by atoms with Gasteiger partial charge in [0.25, 0.3) is 10.0 Å². The van der Waals surface area contributed by atoms with Crippen molar-refractivity contribution in [1.82, 2.24) is 10.2 Å². The fourth-order valence-corrected chi connectivity index (χ4v) is 5.81. The summed E-state index contributed by atoms with van der Waals surface area (Å²) in [4.78, 5) is 27.8. The second kappa shape index (κ2) is 13.1. The smallest absolute Gasteiger partial charge is 0.264 e. The average Bonchev–Trinajstić information content (AvgIpc) is 2.93. The summed E-state index contributed by atoms with van der Waals surface area (Å²) in [5, 5.41) is 3.23. The van der Waals surface area contributed by atoms with Crippen LogP contribution in [-0.2, 0) is 26.2 Å². The first-order chi connectivity index (χ1) is 18.5. The Morgan fingerprint density at radius 1 is 1.03 bits per heavy atom. The van der Waals surface area contributed by atoms with Crippen molar-refractivity contribution in [2.45, 2.75) is 30.8 Å².